The summed E-state index contributed by atoms with van der Waals surface area (Å²) < 4.78 is 13.7. The summed E-state index contributed by atoms with van der Waals surface area (Å²) in [6, 6.07) is 6.26. The zero-order valence-corrected chi connectivity index (χ0v) is 14.4. The van der Waals surface area contributed by atoms with E-state index < -0.39 is 6.04 Å². The summed E-state index contributed by atoms with van der Waals surface area (Å²) in [7, 11) is 0. The monoisotopic (exact) mass is 350 g/mol. The number of halogens is 1. The third-order valence-corrected chi connectivity index (χ3v) is 6.01. The van der Waals surface area contributed by atoms with Gasteiger partial charge in [-0.3, -0.25) is 9.59 Å². The second-order valence-corrected chi connectivity index (χ2v) is 7.76. The van der Waals surface area contributed by atoms with Gasteiger partial charge in [-0.25, -0.2) is 4.39 Å². The van der Waals surface area contributed by atoms with Crippen LogP contribution in [-0.4, -0.2) is 34.9 Å². The number of hydrogen-bond acceptors (Lipinski definition) is 3. The van der Waals surface area contributed by atoms with Gasteiger partial charge in [-0.05, 0) is 30.9 Å². The number of carbonyl (C=O) groups excluding carboxylic acids is 2. The fourth-order valence-electron chi connectivity index (χ4n) is 3.30. The number of carbonyl (C=O) groups is 2. The van der Waals surface area contributed by atoms with Gasteiger partial charge in [0.1, 0.15) is 11.9 Å². The Morgan fingerprint density at radius 2 is 2.00 bits per heavy atom. The van der Waals surface area contributed by atoms with Gasteiger partial charge in [0.25, 0.3) is 0 Å². The van der Waals surface area contributed by atoms with Crippen molar-refractivity contribution in [3.63, 3.8) is 0 Å². The molecule has 1 aromatic carbocycles. The van der Waals surface area contributed by atoms with Crippen LogP contribution in [0.3, 0.4) is 0 Å². The fourth-order valence-corrected chi connectivity index (χ4v) is 4.48. The molecule has 130 valence electrons. The molecule has 1 saturated carbocycles. The summed E-state index contributed by atoms with van der Waals surface area (Å²) in [5.74, 6) is -0.0305. The number of benzene rings is 1. The molecule has 0 bridgehead atoms. The lowest BCUT2D eigenvalue weighted by Gasteiger charge is -2.30. The van der Waals surface area contributed by atoms with Crippen LogP contribution in [0.1, 0.15) is 37.7 Å². The quantitative estimate of drug-likeness (QED) is 0.877. The lowest BCUT2D eigenvalue weighted by Crippen LogP contribution is -2.56. The Morgan fingerprint density at radius 1 is 1.25 bits per heavy atom. The van der Waals surface area contributed by atoms with Gasteiger partial charge in [-0.1, -0.05) is 37.5 Å². The van der Waals surface area contributed by atoms with E-state index in [1.807, 2.05) is 0 Å². The molecule has 2 atom stereocenters. The molecule has 1 aliphatic carbocycles. The van der Waals surface area contributed by atoms with Crippen molar-refractivity contribution in [2.75, 3.05) is 5.75 Å². The SMILES string of the molecule is O=C1N[C@@H](C(=O)NC2CCCCC2)CS[C@H]1Cc1ccccc1F. The number of rotatable bonds is 4. The highest BCUT2D eigenvalue weighted by molar-refractivity contribution is 8.00. The average molecular weight is 350 g/mol. The molecule has 6 heteroatoms. The molecule has 2 aliphatic rings. The molecule has 0 radical (unpaired) electrons. The van der Waals surface area contributed by atoms with Crippen molar-refractivity contribution >= 4 is 23.6 Å². The van der Waals surface area contributed by atoms with E-state index in [0.717, 1.165) is 25.7 Å². The molecule has 1 heterocycles. The largest absolute Gasteiger partial charge is 0.352 e. The molecule has 0 unspecified atom stereocenters. The Morgan fingerprint density at radius 3 is 2.71 bits per heavy atom. The first kappa shape index (κ1) is 17.3. The molecular weight excluding hydrogens is 327 g/mol. The van der Waals surface area contributed by atoms with Crippen LogP contribution in [-0.2, 0) is 16.0 Å². The maximum Gasteiger partial charge on any atom is 0.243 e. The predicted molar refractivity (Wildman–Crippen MR) is 93.3 cm³/mol. The summed E-state index contributed by atoms with van der Waals surface area (Å²) >= 11 is 1.43. The van der Waals surface area contributed by atoms with Gasteiger partial charge in [0.05, 0.1) is 5.25 Å². The summed E-state index contributed by atoms with van der Waals surface area (Å²) in [6.07, 6.45) is 5.94. The minimum Gasteiger partial charge on any atom is -0.352 e. The Labute approximate surface area is 146 Å². The zero-order valence-electron chi connectivity index (χ0n) is 13.6. The van der Waals surface area contributed by atoms with Crippen molar-refractivity contribution in [3.8, 4) is 0 Å². The highest BCUT2D eigenvalue weighted by Gasteiger charge is 2.33. The Hall–Kier alpha value is -1.56. The lowest BCUT2D eigenvalue weighted by atomic mass is 9.95. The van der Waals surface area contributed by atoms with Crippen molar-refractivity contribution in [1.29, 1.82) is 0 Å². The Balaban J connectivity index is 1.52. The van der Waals surface area contributed by atoms with Crippen LogP contribution in [0.25, 0.3) is 0 Å². The topological polar surface area (TPSA) is 58.2 Å². The first-order valence-corrected chi connectivity index (χ1v) is 9.64. The van der Waals surface area contributed by atoms with Gasteiger partial charge in [0.2, 0.25) is 11.8 Å². The maximum absolute atomic E-state index is 13.7. The Bertz CT molecular complexity index is 604. The Kier molecular flexibility index (Phi) is 5.76. The van der Waals surface area contributed by atoms with Gasteiger partial charge in [0.15, 0.2) is 0 Å². The maximum atomic E-state index is 13.7. The first-order chi connectivity index (χ1) is 11.6. The van der Waals surface area contributed by atoms with Crippen molar-refractivity contribution in [3.05, 3.63) is 35.6 Å². The molecule has 0 spiro atoms. The molecule has 4 nitrogen and oxygen atoms in total. The highest BCUT2D eigenvalue weighted by Crippen LogP contribution is 2.24. The molecule has 1 aromatic rings. The number of thioether (sulfide) groups is 1. The molecule has 2 fully saturated rings. The second kappa shape index (κ2) is 8.01. The van der Waals surface area contributed by atoms with E-state index in [2.05, 4.69) is 10.6 Å². The minimum atomic E-state index is -0.485. The van der Waals surface area contributed by atoms with Crippen molar-refractivity contribution < 1.29 is 14.0 Å². The van der Waals surface area contributed by atoms with E-state index in [9.17, 15) is 14.0 Å². The average Bonchev–Trinajstić information content (AvgIpc) is 2.59. The van der Waals surface area contributed by atoms with Gasteiger partial charge >= 0.3 is 0 Å². The van der Waals surface area contributed by atoms with Crippen molar-refractivity contribution in [1.82, 2.24) is 10.6 Å². The summed E-state index contributed by atoms with van der Waals surface area (Å²) in [6.45, 7) is 0. The predicted octanol–water partition coefficient (Wildman–Crippen LogP) is 2.42. The standard InChI is InChI=1S/C18H23FN2O2S/c19-14-9-5-4-6-12(14)10-16-18(23)21-15(11-24-16)17(22)20-13-7-2-1-3-8-13/h4-6,9,13,15-16H,1-3,7-8,10-11H2,(H,20,22)(H,21,23)/t15-,16+/m1/s1. The van der Waals surface area contributed by atoms with Crippen LogP contribution >= 0.6 is 11.8 Å². The lowest BCUT2D eigenvalue weighted by molar-refractivity contribution is -0.129. The van der Waals surface area contributed by atoms with E-state index in [-0.39, 0.29) is 28.9 Å². The van der Waals surface area contributed by atoms with E-state index in [0.29, 0.717) is 17.7 Å². The summed E-state index contributed by atoms with van der Waals surface area (Å²) in [5, 5.41) is 5.51. The van der Waals surface area contributed by atoms with Crippen molar-refractivity contribution in [2.24, 2.45) is 0 Å². The smallest absolute Gasteiger partial charge is 0.243 e. The van der Waals surface area contributed by atoms with Crippen LogP contribution in [0.2, 0.25) is 0 Å². The molecule has 24 heavy (non-hydrogen) atoms. The summed E-state index contributed by atoms with van der Waals surface area (Å²) in [5.41, 5.74) is 0.537. The first-order valence-electron chi connectivity index (χ1n) is 8.59. The zero-order chi connectivity index (χ0) is 16.9. The van der Waals surface area contributed by atoms with Gasteiger partial charge in [-0.2, -0.15) is 0 Å². The molecule has 2 N–H and O–H groups in total. The van der Waals surface area contributed by atoms with Gasteiger partial charge in [0, 0.05) is 11.8 Å². The fraction of sp³-hybridized carbons (Fsp3) is 0.556. The van der Waals surface area contributed by atoms with Crippen molar-refractivity contribution in [2.45, 2.75) is 55.9 Å². The summed E-state index contributed by atoms with van der Waals surface area (Å²) in [4.78, 5) is 24.6. The van der Waals surface area contributed by atoms with E-state index >= 15 is 0 Å². The van der Waals surface area contributed by atoms with Gasteiger partial charge in [-0.15, -0.1) is 11.8 Å². The van der Waals surface area contributed by atoms with Crippen LogP contribution in [0.15, 0.2) is 24.3 Å². The number of hydrogen-bond donors (Lipinski definition) is 2. The van der Waals surface area contributed by atoms with E-state index in [1.165, 1.54) is 24.2 Å². The van der Waals surface area contributed by atoms with Crippen LogP contribution in [0.4, 0.5) is 4.39 Å². The normalized spacial score (nSPS) is 25.1. The van der Waals surface area contributed by atoms with Crippen LogP contribution < -0.4 is 10.6 Å². The van der Waals surface area contributed by atoms with Crippen LogP contribution in [0, 0.1) is 5.82 Å². The molecule has 1 saturated heterocycles. The third-order valence-electron chi connectivity index (χ3n) is 4.70. The third kappa shape index (κ3) is 4.29. The number of nitrogens with one attached hydrogen (secondary N) is 2. The second-order valence-electron chi connectivity index (χ2n) is 6.52. The molecule has 0 aromatic heterocycles. The molecule has 1 aliphatic heterocycles. The van der Waals surface area contributed by atoms with E-state index in [1.54, 1.807) is 18.2 Å². The molecule has 3 rings (SSSR count). The molecule has 2 amide bonds. The van der Waals surface area contributed by atoms with E-state index in [4.69, 9.17) is 0 Å². The molecular formula is C18H23FN2O2S. The minimum absolute atomic E-state index is 0.0907. The highest BCUT2D eigenvalue weighted by atomic mass is 32.2. The van der Waals surface area contributed by atoms with Crippen LogP contribution in [0.5, 0.6) is 0 Å². The van der Waals surface area contributed by atoms with Gasteiger partial charge < -0.3 is 10.6 Å². The number of amides is 2.